The van der Waals surface area contributed by atoms with E-state index in [4.69, 9.17) is 13.0 Å². The van der Waals surface area contributed by atoms with Crippen molar-refractivity contribution < 1.29 is 5.11 Å². The molecule has 0 unspecified atom stereocenters. The Morgan fingerprint density at radius 2 is 2.10 bits per heavy atom. The molecule has 2 radical (unpaired) electrons. The van der Waals surface area contributed by atoms with E-state index in [1.54, 1.807) is 12.4 Å². The van der Waals surface area contributed by atoms with Gasteiger partial charge in [-0.05, 0) is 11.1 Å². The molecule has 0 atom stereocenters. The first kappa shape index (κ1) is 7.28. The summed E-state index contributed by atoms with van der Waals surface area (Å²) in [4.78, 5) is 3.89. The van der Waals surface area contributed by atoms with Crippen molar-refractivity contribution in [3.05, 3.63) is 29.6 Å². The van der Waals surface area contributed by atoms with Crippen LogP contribution in [0, 0.1) is 0 Å². The van der Waals surface area contributed by atoms with Crippen LogP contribution < -0.4 is 0 Å². The maximum Gasteiger partial charge on any atom is 0.0717 e. The maximum atomic E-state index is 8.68. The van der Waals surface area contributed by atoms with Crippen molar-refractivity contribution in [1.29, 1.82) is 0 Å². The zero-order valence-electron chi connectivity index (χ0n) is 5.62. The zero-order valence-corrected chi connectivity index (χ0v) is 5.62. The summed E-state index contributed by atoms with van der Waals surface area (Å²) in [6.45, 7) is 0.0286. The first-order valence-electron chi connectivity index (χ1n) is 3.10. The van der Waals surface area contributed by atoms with Gasteiger partial charge in [-0.1, -0.05) is 12.4 Å². The van der Waals surface area contributed by atoms with Gasteiger partial charge in [-0.3, -0.25) is 4.98 Å². The molecule has 0 aliphatic carbocycles. The van der Waals surface area contributed by atoms with Gasteiger partial charge in [0.05, 0.1) is 14.5 Å². The Morgan fingerprint density at radius 1 is 1.40 bits per heavy atom. The lowest BCUT2D eigenvalue weighted by molar-refractivity contribution is 0.281. The fraction of sp³-hybridized carbons (Fsp3) is 0.286. The second kappa shape index (κ2) is 3.37. The van der Waals surface area contributed by atoms with Crippen LogP contribution in [0.4, 0.5) is 0 Å². The van der Waals surface area contributed by atoms with Crippen LogP contribution >= 0.6 is 0 Å². The third kappa shape index (κ3) is 1.58. The summed E-state index contributed by atoms with van der Waals surface area (Å²) in [5.74, 6) is 0. The summed E-state index contributed by atoms with van der Waals surface area (Å²) in [5, 5.41) is 8.68. The average Bonchev–Trinajstić information content (AvgIpc) is 2.05. The van der Waals surface area contributed by atoms with Gasteiger partial charge in [-0.15, -0.1) is 0 Å². The van der Waals surface area contributed by atoms with Gasteiger partial charge in [0.2, 0.25) is 0 Å². The normalized spacial score (nSPS) is 9.70. The largest absolute Gasteiger partial charge is 0.392 e. The molecule has 50 valence electrons. The molecule has 3 heteroatoms. The van der Waals surface area contributed by atoms with Crippen LogP contribution in [0.3, 0.4) is 0 Å². The highest BCUT2D eigenvalue weighted by atomic mass is 16.3. The van der Waals surface area contributed by atoms with Crippen molar-refractivity contribution in [3.8, 4) is 0 Å². The predicted molar refractivity (Wildman–Crippen MR) is 39.6 cm³/mol. The van der Waals surface area contributed by atoms with E-state index in [0.29, 0.717) is 6.32 Å². The number of aromatic nitrogens is 1. The van der Waals surface area contributed by atoms with Crippen molar-refractivity contribution in [3.63, 3.8) is 0 Å². The topological polar surface area (TPSA) is 33.1 Å². The first-order chi connectivity index (χ1) is 4.86. The van der Waals surface area contributed by atoms with E-state index in [1.165, 1.54) is 0 Å². The lowest BCUT2D eigenvalue weighted by atomic mass is 9.98. The lowest BCUT2D eigenvalue weighted by Crippen LogP contribution is -1.90. The number of rotatable bonds is 2. The molecule has 10 heavy (non-hydrogen) atoms. The Hall–Kier alpha value is -0.825. The number of hydrogen-bond acceptors (Lipinski definition) is 2. The molecule has 0 saturated carbocycles. The van der Waals surface area contributed by atoms with Gasteiger partial charge in [-0.25, -0.2) is 0 Å². The minimum atomic E-state index is 0.0286. The van der Waals surface area contributed by atoms with Gasteiger partial charge < -0.3 is 5.11 Å². The van der Waals surface area contributed by atoms with Crippen LogP contribution in [0.15, 0.2) is 18.5 Å². The van der Waals surface area contributed by atoms with E-state index in [9.17, 15) is 0 Å². The van der Waals surface area contributed by atoms with Crippen molar-refractivity contribution in [2.75, 3.05) is 0 Å². The highest BCUT2D eigenvalue weighted by Gasteiger charge is 1.91. The molecule has 1 rings (SSSR count). The van der Waals surface area contributed by atoms with Crippen LogP contribution in [0.5, 0.6) is 0 Å². The first-order valence-corrected chi connectivity index (χ1v) is 3.10. The van der Waals surface area contributed by atoms with Crippen molar-refractivity contribution >= 4 is 7.85 Å². The van der Waals surface area contributed by atoms with Gasteiger partial charge in [0.1, 0.15) is 0 Å². The zero-order chi connectivity index (χ0) is 7.40. The Kier molecular flexibility index (Phi) is 2.45. The maximum absolute atomic E-state index is 8.68. The molecule has 0 bridgehead atoms. The molecule has 0 fully saturated rings. The van der Waals surface area contributed by atoms with Crippen molar-refractivity contribution in [2.24, 2.45) is 0 Å². The molecular formula is C7H8BNO. The smallest absolute Gasteiger partial charge is 0.0717 e. The predicted octanol–water partition coefficient (Wildman–Crippen LogP) is 0.242. The fourth-order valence-electron chi connectivity index (χ4n) is 0.740. The van der Waals surface area contributed by atoms with E-state index >= 15 is 0 Å². The summed E-state index contributed by atoms with van der Waals surface area (Å²) >= 11 is 0. The fourth-order valence-corrected chi connectivity index (χ4v) is 0.740. The van der Waals surface area contributed by atoms with E-state index in [0.717, 1.165) is 11.1 Å². The van der Waals surface area contributed by atoms with E-state index < -0.39 is 0 Å². The Bertz CT molecular complexity index is 195. The molecule has 1 aromatic rings. The monoisotopic (exact) mass is 133 g/mol. The standard InChI is InChI=1S/C7H8BNO/c8-2-6-1-7(5-10)4-9-3-6/h1,3-4,10H,2,5H2. The Morgan fingerprint density at radius 3 is 2.70 bits per heavy atom. The number of aliphatic hydroxyl groups is 1. The minimum absolute atomic E-state index is 0.0286. The second-order valence-corrected chi connectivity index (χ2v) is 2.06. The average molecular weight is 133 g/mol. The third-order valence-corrected chi connectivity index (χ3v) is 1.27. The molecule has 0 aromatic carbocycles. The van der Waals surface area contributed by atoms with E-state index in [-0.39, 0.29) is 6.61 Å². The van der Waals surface area contributed by atoms with Gasteiger partial charge in [0, 0.05) is 12.4 Å². The number of pyridine rings is 1. The molecule has 1 N–H and O–H groups in total. The van der Waals surface area contributed by atoms with Gasteiger partial charge in [-0.2, -0.15) is 0 Å². The van der Waals surface area contributed by atoms with Crippen molar-refractivity contribution in [2.45, 2.75) is 12.9 Å². The van der Waals surface area contributed by atoms with Gasteiger partial charge in [0.25, 0.3) is 0 Å². The van der Waals surface area contributed by atoms with Crippen molar-refractivity contribution in [1.82, 2.24) is 4.98 Å². The molecule has 0 aliphatic heterocycles. The molecule has 0 aliphatic rings. The lowest BCUT2D eigenvalue weighted by Gasteiger charge is -1.97. The number of aliphatic hydroxyl groups excluding tert-OH is 1. The molecule has 1 heterocycles. The van der Waals surface area contributed by atoms with Crippen LogP contribution in [0.2, 0.25) is 0 Å². The summed E-state index contributed by atoms with van der Waals surface area (Å²) in [6, 6.07) is 1.84. The van der Waals surface area contributed by atoms with Crippen LogP contribution in [0.25, 0.3) is 0 Å². The molecule has 1 aromatic heterocycles. The second-order valence-electron chi connectivity index (χ2n) is 2.06. The highest BCUT2D eigenvalue weighted by Crippen LogP contribution is 2.01. The van der Waals surface area contributed by atoms with Gasteiger partial charge >= 0.3 is 0 Å². The summed E-state index contributed by atoms with van der Waals surface area (Å²) in [6.07, 6.45) is 3.79. The molecule has 2 nitrogen and oxygen atoms in total. The summed E-state index contributed by atoms with van der Waals surface area (Å²) in [7, 11) is 5.35. The Balaban J connectivity index is 2.87. The molecular weight excluding hydrogens is 125 g/mol. The van der Waals surface area contributed by atoms with Crippen LogP contribution in [-0.2, 0) is 12.9 Å². The summed E-state index contributed by atoms with van der Waals surface area (Å²) < 4.78 is 0. The molecule has 0 amide bonds. The quantitative estimate of drug-likeness (QED) is 0.586. The van der Waals surface area contributed by atoms with Crippen LogP contribution in [-0.4, -0.2) is 17.9 Å². The SMILES string of the molecule is [B]Cc1cncc(CO)c1. The Labute approximate surface area is 61.3 Å². The third-order valence-electron chi connectivity index (χ3n) is 1.27. The number of hydrogen-bond donors (Lipinski definition) is 1. The van der Waals surface area contributed by atoms with E-state index in [2.05, 4.69) is 4.98 Å². The summed E-state index contributed by atoms with van der Waals surface area (Å²) in [5.41, 5.74) is 1.76. The minimum Gasteiger partial charge on any atom is -0.392 e. The molecule has 0 saturated heterocycles. The molecule has 0 spiro atoms. The van der Waals surface area contributed by atoms with E-state index in [1.807, 2.05) is 6.07 Å². The number of nitrogens with zero attached hydrogens (tertiary/aromatic N) is 1. The highest BCUT2D eigenvalue weighted by molar-refractivity contribution is 6.08. The van der Waals surface area contributed by atoms with Crippen LogP contribution in [0.1, 0.15) is 11.1 Å². The van der Waals surface area contributed by atoms with Gasteiger partial charge in [0.15, 0.2) is 0 Å².